The molecule has 5 rings (SSSR count). The molecule has 0 aromatic heterocycles. The van der Waals surface area contributed by atoms with E-state index in [4.69, 9.17) is 9.47 Å². The average molecular weight is 624 g/mol. The average Bonchev–Trinajstić information content (AvgIpc) is 2.94. The van der Waals surface area contributed by atoms with Crippen molar-refractivity contribution in [3.63, 3.8) is 0 Å². The van der Waals surface area contributed by atoms with Crippen molar-refractivity contribution in [3.05, 3.63) is 28.8 Å². The van der Waals surface area contributed by atoms with Crippen LogP contribution in [0.5, 0.6) is 5.75 Å². The highest BCUT2D eigenvalue weighted by atomic mass is 16.7. The van der Waals surface area contributed by atoms with Crippen LogP contribution in [-0.2, 0) is 26.7 Å². The summed E-state index contributed by atoms with van der Waals surface area (Å²) >= 11 is 0. The van der Waals surface area contributed by atoms with E-state index < -0.39 is 0 Å². The third-order valence-electron chi connectivity index (χ3n) is 12.2. The second-order valence-electron chi connectivity index (χ2n) is 19.4. The molecule has 45 heavy (non-hydrogen) atoms. The monoisotopic (exact) mass is 624 g/mol. The molecule has 0 unspecified atom stereocenters. The summed E-state index contributed by atoms with van der Waals surface area (Å²) in [4.78, 5) is 0. The van der Waals surface area contributed by atoms with Crippen LogP contribution in [0.3, 0.4) is 0 Å². The van der Waals surface area contributed by atoms with Crippen LogP contribution in [0.2, 0.25) is 0 Å². The van der Waals surface area contributed by atoms with E-state index in [0.29, 0.717) is 17.6 Å². The Bertz CT molecular complexity index is 1070. The Morgan fingerprint density at radius 3 is 1.60 bits per heavy atom. The number of phenols is 1. The highest BCUT2D eigenvalue weighted by molar-refractivity contribution is 5.50. The molecule has 4 heteroatoms. The molecule has 4 aliphatic rings. The zero-order valence-electron chi connectivity index (χ0n) is 30.9. The number of rotatable bonds is 6. The predicted octanol–water partition coefficient (Wildman–Crippen LogP) is 10.1. The van der Waals surface area contributed by atoms with E-state index in [1.165, 1.54) is 76.2 Å². The molecular formula is C41H69NO3. The summed E-state index contributed by atoms with van der Waals surface area (Å²) in [5.41, 5.74) is 3.92. The summed E-state index contributed by atoms with van der Waals surface area (Å²) in [6, 6.07) is 4.56. The van der Waals surface area contributed by atoms with Gasteiger partial charge in [-0.1, -0.05) is 66.5 Å². The van der Waals surface area contributed by atoms with E-state index in [9.17, 15) is 5.11 Å². The fourth-order valence-electron chi connectivity index (χ4n) is 10.0. The van der Waals surface area contributed by atoms with Crippen LogP contribution in [0.1, 0.15) is 157 Å². The van der Waals surface area contributed by atoms with Crippen LogP contribution in [-0.4, -0.2) is 35.7 Å². The van der Waals surface area contributed by atoms with Crippen LogP contribution in [0, 0.1) is 35.5 Å². The van der Waals surface area contributed by atoms with Gasteiger partial charge in [0.1, 0.15) is 5.75 Å². The molecule has 2 aliphatic heterocycles. The molecule has 2 aliphatic carbocycles. The molecule has 4 fully saturated rings. The van der Waals surface area contributed by atoms with E-state index in [1.807, 2.05) is 0 Å². The molecule has 0 spiro atoms. The summed E-state index contributed by atoms with van der Waals surface area (Å²) in [7, 11) is 0. The van der Waals surface area contributed by atoms with Gasteiger partial charge >= 0.3 is 0 Å². The number of aromatic hydroxyl groups is 1. The SMILES string of the molecule is CC1(C)CC(C2CCC(C3OCC(C4CCC(CCc5cc(C(C)(C)C)c(O)c(C(C)(C)C)c5)CC4)CO3)CC2)CC(C)(C)N1. The number of benzene rings is 1. The first-order chi connectivity index (χ1) is 20.9. The standard InChI is InChI=1S/C41H69NO3/c1-38(2,3)34-21-28(22-35(36(34)43)39(4,5)6)12-11-27-13-15-30(16-14-27)33-25-44-37(45-26-33)31-19-17-29(18-20-31)32-23-40(7,8)42-41(9,10)24-32/h21-22,27,29-33,37,42-43H,11-20,23-26H2,1-10H3. The topological polar surface area (TPSA) is 50.7 Å². The number of nitrogens with one attached hydrogen (secondary N) is 1. The molecule has 4 nitrogen and oxygen atoms in total. The van der Waals surface area contributed by atoms with Gasteiger partial charge in [-0.3, -0.25) is 0 Å². The van der Waals surface area contributed by atoms with Gasteiger partial charge < -0.3 is 19.9 Å². The third-order valence-corrected chi connectivity index (χ3v) is 12.2. The maximum atomic E-state index is 11.1. The second kappa shape index (κ2) is 13.4. The Morgan fingerprint density at radius 1 is 0.667 bits per heavy atom. The lowest BCUT2D eigenvalue weighted by Gasteiger charge is -2.50. The van der Waals surface area contributed by atoms with Gasteiger partial charge in [-0.15, -0.1) is 0 Å². The summed E-state index contributed by atoms with van der Waals surface area (Å²) in [6.07, 6.45) is 15.5. The van der Waals surface area contributed by atoms with Gasteiger partial charge in [0.25, 0.3) is 0 Å². The van der Waals surface area contributed by atoms with E-state index in [1.54, 1.807) is 0 Å². The lowest BCUT2D eigenvalue weighted by atomic mass is 9.66. The van der Waals surface area contributed by atoms with Gasteiger partial charge in [0.05, 0.1) is 13.2 Å². The number of ether oxygens (including phenoxy) is 2. The van der Waals surface area contributed by atoms with E-state index in [0.717, 1.165) is 54.4 Å². The molecule has 2 heterocycles. The van der Waals surface area contributed by atoms with Crippen molar-refractivity contribution in [1.82, 2.24) is 5.32 Å². The fraction of sp³-hybridized carbons (Fsp3) is 0.854. The zero-order valence-corrected chi connectivity index (χ0v) is 30.9. The minimum atomic E-state index is -0.0670. The molecule has 256 valence electrons. The van der Waals surface area contributed by atoms with Crippen LogP contribution in [0.15, 0.2) is 12.1 Å². The molecule has 1 aromatic carbocycles. The van der Waals surface area contributed by atoms with Gasteiger partial charge in [0.2, 0.25) is 0 Å². The molecular weight excluding hydrogens is 554 g/mol. The van der Waals surface area contributed by atoms with Crippen molar-refractivity contribution in [3.8, 4) is 5.75 Å². The Kier molecular flexibility index (Phi) is 10.5. The van der Waals surface area contributed by atoms with Gasteiger partial charge in [0.15, 0.2) is 6.29 Å². The summed E-state index contributed by atoms with van der Waals surface area (Å²) < 4.78 is 13.0. The number of hydrogen-bond acceptors (Lipinski definition) is 4. The van der Waals surface area contributed by atoms with E-state index in [2.05, 4.69) is 86.7 Å². The smallest absolute Gasteiger partial charge is 0.160 e. The Labute approximate surface area is 277 Å². The lowest BCUT2D eigenvalue weighted by molar-refractivity contribution is -0.237. The molecule has 2 saturated heterocycles. The Balaban J connectivity index is 1.05. The quantitative estimate of drug-likeness (QED) is 0.331. The molecule has 0 radical (unpaired) electrons. The van der Waals surface area contributed by atoms with Gasteiger partial charge in [0, 0.05) is 22.9 Å². The number of piperidine rings is 1. The third kappa shape index (κ3) is 8.88. The van der Waals surface area contributed by atoms with Gasteiger partial charge in [-0.05, 0) is 143 Å². The van der Waals surface area contributed by atoms with Gasteiger partial charge in [-0.25, -0.2) is 0 Å². The highest BCUT2D eigenvalue weighted by Crippen LogP contribution is 2.46. The first kappa shape index (κ1) is 35.2. The van der Waals surface area contributed by atoms with Crippen LogP contribution in [0.4, 0.5) is 0 Å². The van der Waals surface area contributed by atoms with Crippen molar-refractivity contribution >= 4 is 0 Å². The van der Waals surface area contributed by atoms with Crippen LogP contribution < -0.4 is 5.32 Å². The van der Waals surface area contributed by atoms with Crippen molar-refractivity contribution in [2.24, 2.45) is 35.5 Å². The molecule has 0 atom stereocenters. The zero-order chi connectivity index (χ0) is 32.8. The molecule has 2 N–H and O–H groups in total. The summed E-state index contributed by atoms with van der Waals surface area (Å²) in [5, 5.41) is 15.0. The van der Waals surface area contributed by atoms with Crippen molar-refractivity contribution in [2.75, 3.05) is 13.2 Å². The predicted molar refractivity (Wildman–Crippen MR) is 188 cm³/mol. The minimum Gasteiger partial charge on any atom is -0.507 e. The van der Waals surface area contributed by atoms with Crippen molar-refractivity contribution in [2.45, 2.75) is 174 Å². The Hall–Kier alpha value is -1.10. The van der Waals surface area contributed by atoms with Crippen LogP contribution in [0.25, 0.3) is 0 Å². The largest absolute Gasteiger partial charge is 0.507 e. The molecule has 1 aromatic rings. The first-order valence-electron chi connectivity index (χ1n) is 18.8. The van der Waals surface area contributed by atoms with Gasteiger partial charge in [-0.2, -0.15) is 0 Å². The molecule has 0 amide bonds. The van der Waals surface area contributed by atoms with Crippen molar-refractivity contribution < 1.29 is 14.6 Å². The van der Waals surface area contributed by atoms with E-state index >= 15 is 0 Å². The fourth-order valence-corrected chi connectivity index (χ4v) is 10.0. The van der Waals surface area contributed by atoms with Crippen LogP contribution >= 0.6 is 0 Å². The Morgan fingerprint density at radius 2 is 1.11 bits per heavy atom. The first-order valence-corrected chi connectivity index (χ1v) is 18.8. The maximum Gasteiger partial charge on any atom is 0.160 e. The second-order valence-corrected chi connectivity index (χ2v) is 19.4. The van der Waals surface area contributed by atoms with Crippen molar-refractivity contribution in [1.29, 1.82) is 0 Å². The number of aryl methyl sites for hydroxylation is 1. The normalized spacial score (nSPS) is 33.2. The lowest BCUT2D eigenvalue weighted by Crippen LogP contribution is -2.58. The summed E-state index contributed by atoms with van der Waals surface area (Å²) in [6.45, 7) is 24.6. The minimum absolute atomic E-state index is 0.0285. The molecule has 0 bridgehead atoms. The maximum absolute atomic E-state index is 11.1. The van der Waals surface area contributed by atoms with E-state index in [-0.39, 0.29) is 28.2 Å². The molecule has 2 saturated carbocycles. The summed E-state index contributed by atoms with van der Waals surface area (Å²) in [5.74, 6) is 4.90. The number of phenolic OH excluding ortho intramolecular Hbond substituents is 1. The number of hydrogen-bond donors (Lipinski definition) is 2. The highest BCUT2D eigenvalue weighted by Gasteiger charge is 2.43.